The van der Waals surface area contributed by atoms with E-state index in [4.69, 9.17) is 11.6 Å². The van der Waals surface area contributed by atoms with E-state index in [2.05, 4.69) is 9.93 Å². The van der Waals surface area contributed by atoms with Crippen LogP contribution < -0.4 is 4.83 Å². The van der Waals surface area contributed by atoms with Crippen molar-refractivity contribution in [2.75, 3.05) is 0 Å². The molecule has 0 aliphatic carbocycles. The predicted octanol–water partition coefficient (Wildman–Crippen LogP) is 3.98. The van der Waals surface area contributed by atoms with Gasteiger partial charge < -0.3 is 0 Å². The number of rotatable bonds is 6. The summed E-state index contributed by atoms with van der Waals surface area (Å²) in [5.74, 6) is 0. The third-order valence-electron chi connectivity index (χ3n) is 3.80. The molecule has 0 aliphatic heterocycles. The van der Waals surface area contributed by atoms with Crippen LogP contribution in [0, 0.1) is 10.1 Å². The molecule has 0 saturated carbocycles. The number of hydrogen-bond acceptors (Lipinski definition) is 5. The standard InChI is InChI=1S/C19H14ClN3O4S/c20-18-16(23(24)25)12-7-13-17(18)28(26,27)22-21-19(14-8-3-1-4-9-14)15-10-5-2-6-11-15/h1-13,22H. The largest absolute Gasteiger partial charge is 0.289 e. The number of nitrogens with zero attached hydrogens (tertiary/aromatic N) is 2. The minimum absolute atomic E-state index is 0.395. The summed E-state index contributed by atoms with van der Waals surface area (Å²) in [6, 6.07) is 21.6. The zero-order valence-electron chi connectivity index (χ0n) is 14.3. The molecule has 3 aromatic carbocycles. The molecule has 7 nitrogen and oxygen atoms in total. The van der Waals surface area contributed by atoms with E-state index in [1.54, 1.807) is 48.5 Å². The molecular formula is C19H14ClN3O4S. The van der Waals surface area contributed by atoms with Crippen molar-refractivity contribution in [3.05, 3.63) is 105 Å². The van der Waals surface area contributed by atoms with Crippen LogP contribution in [-0.2, 0) is 10.0 Å². The molecule has 0 bridgehead atoms. The Morgan fingerprint density at radius 3 is 1.93 bits per heavy atom. The third-order valence-corrected chi connectivity index (χ3v) is 5.56. The third kappa shape index (κ3) is 4.19. The second-order valence-corrected chi connectivity index (χ2v) is 7.64. The highest BCUT2D eigenvalue weighted by atomic mass is 35.5. The number of nitro groups is 1. The average molecular weight is 416 g/mol. The van der Waals surface area contributed by atoms with Crippen molar-refractivity contribution in [1.82, 2.24) is 4.83 Å². The van der Waals surface area contributed by atoms with Crippen LogP contribution >= 0.6 is 11.6 Å². The molecule has 0 fully saturated rings. The second kappa shape index (κ2) is 8.20. The van der Waals surface area contributed by atoms with Crippen molar-refractivity contribution < 1.29 is 13.3 Å². The summed E-state index contributed by atoms with van der Waals surface area (Å²) in [6.45, 7) is 0. The van der Waals surface area contributed by atoms with Gasteiger partial charge in [-0.05, 0) is 6.07 Å². The van der Waals surface area contributed by atoms with E-state index >= 15 is 0 Å². The first-order valence-electron chi connectivity index (χ1n) is 8.03. The van der Waals surface area contributed by atoms with Crippen molar-refractivity contribution in [2.24, 2.45) is 5.10 Å². The highest BCUT2D eigenvalue weighted by Gasteiger charge is 2.24. The molecule has 0 spiro atoms. The van der Waals surface area contributed by atoms with Gasteiger partial charge in [-0.2, -0.15) is 18.4 Å². The van der Waals surface area contributed by atoms with Gasteiger partial charge in [0.2, 0.25) is 0 Å². The summed E-state index contributed by atoms with van der Waals surface area (Å²) in [4.78, 5) is 12.0. The Balaban J connectivity index is 2.04. The van der Waals surface area contributed by atoms with E-state index in [0.717, 1.165) is 6.07 Å². The van der Waals surface area contributed by atoms with Gasteiger partial charge in [0.25, 0.3) is 15.7 Å². The number of hydrazone groups is 1. The Bertz CT molecular complexity index is 1090. The fourth-order valence-electron chi connectivity index (χ4n) is 2.49. The summed E-state index contributed by atoms with van der Waals surface area (Å²) in [7, 11) is -4.23. The average Bonchev–Trinajstić information content (AvgIpc) is 2.69. The number of halogens is 1. The molecule has 0 atom stereocenters. The molecule has 0 aromatic heterocycles. The van der Waals surface area contributed by atoms with Crippen molar-refractivity contribution in [2.45, 2.75) is 4.90 Å². The fraction of sp³-hybridized carbons (Fsp3) is 0. The van der Waals surface area contributed by atoms with Gasteiger partial charge in [0.1, 0.15) is 9.92 Å². The van der Waals surface area contributed by atoms with Gasteiger partial charge in [0.05, 0.1) is 10.6 Å². The summed E-state index contributed by atoms with van der Waals surface area (Å²) < 4.78 is 25.3. The normalized spacial score (nSPS) is 10.9. The first-order chi connectivity index (χ1) is 13.4. The summed E-state index contributed by atoms with van der Waals surface area (Å²) >= 11 is 5.93. The fourth-order valence-corrected chi connectivity index (χ4v) is 3.90. The zero-order chi connectivity index (χ0) is 20.1. The minimum Gasteiger partial charge on any atom is -0.258 e. The highest BCUT2D eigenvalue weighted by molar-refractivity contribution is 7.89. The molecule has 142 valence electrons. The van der Waals surface area contributed by atoms with Crippen molar-refractivity contribution in [3.8, 4) is 0 Å². The molecule has 0 amide bonds. The number of benzene rings is 3. The topological polar surface area (TPSA) is 102 Å². The van der Waals surface area contributed by atoms with Crippen LogP contribution in [0.1, 0.15) is 11.1 Å². The molecule has 0 radical (unpaired) electrons. The minimum atomic E-state index is -4.23. The number of nitrogens with one attached hydrogen (secondary N) is 1. The summed E-state index contributed by atoms with van der Waals surface area (Å²) in [6.07, 6.45) is 0. The molecule has 28 heavy (non-hydrogen) atoms. The molecule has 3 rings (SSSR count). The number of sulfonamides is 1. The summed E-state index contributed by atoms with van der Waals surface area (Å²) in [5.41, 5.74) is 1.29. The molecule has 9 heteroatoms. The van der Waals surface area contributed by atoms with E-state index in [-0.39, 0.29) is 0 Å². The maximum atomic E-state index is 12.7. The predicted molar refractivity (Wildman–Crippen MR) is 107 cm³/mol. The lowest BCUT2D eigenvalue weighted by Crippen LogP contribution is -2.21. The van der Waals surface area contributed by atoms with Crippen LogP contribution in [0.2, 0.25) is 5.02 Å². The van der Waals surface area contributed by atoms with Crippen LogP contribution in [0.4, 0.5) is 5.69 Å². The van der Waals surface area contributed by atoms with E-state index in [1.165, 1.54) is 12.1 Å². The van der Waals surface area contributed by atoms with Crippen LogP contribution in [0.3, 0.4) is 0 Å². The second-order valence-electron chi connectivity index (χ2n) is 5.63. The maximum Gasteiger partial charge on any atom is 0.289 e. The lowest BCUT2D eigenvalue weighted by molar-refractivity contribution is -0.384. The highest BCUT2D eigenvalue weighted by Crippen LogP contribution is 2.30. The van der Waals surface area contributed by atoms with E-state index in [9.17, 15) is 18.5 Å². The van der Waals surface area contributed by atoms with Crippen molar-refractivity contribution in [1.29, 1.82) is 0 Å². The Morgan fingerprint density at radius 2 is 1.43 bits per heavy atom. The molecule has 0 saturated heterocycles. The monoisotopic (exact) mass is 415 g/mol. The van der Waals surface area contributed by atoms with Gasteiger partial charge in [-0.1, -0.05) is 78.3 Å². The molecule has 3 aromatic rings. The number of hydrogen-bond donors (Lipinski definition) is 1. The maximum absolute atomic E-state index is 12.7. The van der Waals surface area contributed by atoms with Gasteiger partial charge in [-0.25, -0.2) is 0 Å². The first kappa shape index (κ1) is 19.5. The Morgan fingerprint density at radius 1 is 0.893 bits per heavy atom. The van der Waals surface area contributed by atoms with Crippen LogP contribution in [0.5, 0.6) is 0 Å². The smallest absolute Gasteiger partial charge is 0.258 e. The SMILES string of the molecule is O=[N+]([O-])c1cccc(S(=O)(=O)NN=C(c2ccccc2)c2ccccc2)c1Cl. The van der Waals surface area contributed by atoms with Gasteiger partial charge in [-0.15, -0.1) is 0 Å². The lowest BCUT2D eigenvalue weighted by atomic mass is 10.0. The Hall–Kier alpha value is -3.23. The molecule has 0 unspecified atom stereocenters. The van der Waals surface area contributed by atoms with Gasteiger partial charge in [-0.3, -0.25) is 10.1 Å². The molecule has 0 aliphatic rings. The van der Waals surface area contributed by atoms with Gasteiger partial charge >= 0.3 is 0 Å². The summed E-state index contributed by atoms with van der Waals surface area (Å²) in [5, 5.41) is 14.6. The zero-order valence-corrected chi connectivity index (χ0v) is 15.9. The van der Waals surface area contributed by atoms with E-state index in [1.807, 2.05) is 12.1 Å². The van der Waals surface area contributed by atoms with Gasteiger partial charge in [0.15, 0.2) is 0 Å². The van der Waals surface area contributed by atoms with E-state index < -0.39 is 30.6 Å². The molecular weight excluding hydrogens is 402 g/mol. The Labute approximate surface area is 166 Å². The van der Waals surface area contributed by atoms with Crippen molar-refractivity contribution >= 4 is 33.0 Å². The molecule has 0 heterocycles. The van der Waals surface area contributed by atoms with Crippen LogP contribution in [0.15, 0.2) is 88.9 Å². The van der Waals surface area contributed by atoms with Crippen molar-refractivity contribution in [3.63, 3.8) is 0 Å². The van der Waals surface area contributed by atoms with Crippen LogP contribution in [0.25, 0.3) is 0 Å². The number of nitro benzene ring substituents is 1. The lowest BCUT2D eigenvalue weighted by Gasteiger charge is -2.10. The van der Waals surface area contributed by atoms with E-state index in [0.29, 0.717) is 16.8 Å². The van der Waals surface area contributed by atoms with Crippen LogP contribution in [-0.4, -0.2) is 19.1 Å². The molecule has 1 N–H and O–H groups in total. The first-order valence-corrected chi connectivity index (χ1v) is 9.89. The quantitative estimate of drug-likeness (QED) is 0.373. The van der Waals surface area contributed by atoms with Gasteiger partial charge in [0, 0.05) is 17.2 Å². The Kier molecular flexibility index (Phi) is 5.72.